The van der Waals surface area contributed by atoms with Gasteiger partial charge in [-0.3, -0.25) is 4.79 Å². The molecule has 10 heteroatoms. The van der Waals surface area contributed by atoms with E-state index in [-0.39, 0.29) is 12.1 Å². The molecule has 0 heterocycles. The minimum Gasteiger partial charge on any atom is -0.454 e. The first kappa shape index (κ1) is 20.1. The average molecular weight is 361 g/mol. The number of carbonyl (C=O) groups excluding carboxylic acids is 2. The molecule has 0 aliphatic carbocycles. The number of ketones is 1. The molecule has 0 bridgehead atoms. The van der Waals surface area contributed by atoms with E-state index in [9.17, 15) is 27.2 Å². The SMILES string of the molecule is CCC(=N)C(C(=O)OCC(=O)c1cccc(C(F)(F)F)c1F)=C(N)N. The zero-order valence-corrected chi connectivity index (χ0v) is 13.0. The first-order valence-electron chi connectivity index (χ1n) is 6.89. The summed E-state index contributed by atoms with van der Waals surface area (Å²) in [5.74, 6) is -4.65. The molecule has 0 fully saturated rings. The van der Waals surface area contributed by atoms with Gasteiger partial charge in [-0.1, -0.05) is 13.0 Å². The summed E-state index contributed by atoms with van der Waals surface area (Å²) in [6, 6.07) is 2.18. The fourth-order valence-corrected chi connectivity index (χ4v) is 1.84. The molecule has 1 aromatic rings. The summed E-state index contributed by atoms with van der Waals surface area (Å²) in [5, 5.41) is 7.55. The van der Waals surface area contributed by atoms with E-state index in [0.717, 1.165) is 12.1 Å². The topological polar surface area (TPSA) is 119 Å². The Bertz CT molecular complexity index is 738. The van der Waals surface area contributed by atoms with Crippen LogP contribution in [0.5, 0.6) is 0 Å². The highest BCUT2D eigenvalue weighted by molar-refractivity contribution is 6.19. The number of Topliss-reactive ketones (excluding diaryl/α,β-unsaturated/α-hetero) is 1. The minimum atomic E-state index is -4.98. The maximum atomic E-state index is 13.8. The molecule has 0 atom stereocenters. The molecule has 1 rings (SSSR count). The summed E-state index contributed by atoms with van der Waals surface area (Å²) in [5.41, 5.74) is 7.35. The van der Waals surface area contributed by atoms with Gasteiger partial charge in [-0.25, -0.2) is 9.18 Å². The third-order valence-corrected chi connectivity index (χ3v) is 3.09. The van der Waals surface area contributed by atoms with Crippen molar-refractivity contribution in [3.8, 4) is 0 Å². The number of halogens is 4. The van der Waals surface area contributed by atoms with E-state index in [1.807, 2.05) is 0 Å². The van der Waals surface area contributed by atoms with E-state index in [4.69, 9.17) is 16.9 Å². The normalized spacial score (nSPS) is 10.9. The van der Waals surface area contributed by atoms with Crippen LogP contribution in [-0.4, -0.2) is 24.1 Å². The number of nitrogens with one attached hydrogen (secondary N) is 1. The predicted molar refractivity (Wildman–Crippen MR) is 80.1 cm³/mol. The van der Waals surface area contributed by atoms with Gasteiger partial charge in [-0.15, -0.1) is 0 Å². The molecule has 0 saturated heterocycles. The Balaban J connectivity index is 2.97. The van der Waals surface area contributed by atoms with Crippen LogP contribution in [0, 0.1) is 11.2 Å². The molecule has 0 radical (unpaired) electrons. The molecule has 136 valence electrons. The van der Waals surface area contributed by atoms with Crippen LogP contribution >= 0.6 is 0 Å². The molecule has 5 N–H and O–H groups in total. The molecule has 0 aliphatic rings. The van der Waals surface area contributed by atoms with E-state index in [1.54, 1.807) is 6.92 Å². The van der Waals surface area contributed by atoms with Gasteiger partial charge >= 0.3 is 12.1 Å². The largest absolute Gasteiger partial charge is 0.454 e. The van der Waals surface area contributed by atoms with Gasteiger partial charge < -0.3 is 21.6 Å². The van der Waals surface area contributed by atoms with Crippen LogP contribution in [0.15, 0.2) is 29.6 Å². The minimum absolute atomic E-state index is 0.0958. The maximum absolute atomic E-state index is 13.8. The number of carbonyl (C=O) groups is 2. The van der Waals surface area contributed by atoms with E-state index >= 15 is 0 Å². The summed E-state index contributed by atoms with van der Waals surface area (Å²) >= 11 is 0. The van der Waals surface area contributed by atoms with E-state index < -0.39 is 52.9 Å². The molecule has 1 aromatic carbocycles. The zero-order chi connectivity index (χ0) is 19.4. The van der Waals surface area contributed by atoms with Gasteiger partial charge in [0, 0.05) is 5.71 Å². The van der Waals surface area contributed by atoms with E-state index in [0.29, 0.717) is 6.07 Å². The number of ether oxygens (including phenoxy) is 1. The van der Waals surface area contributed by atoms with Crippen LogP contribution in [0.2, 0.25) is 0 Å². The van der Waals surface area contributed by atoms with Crippen LogP contribution in [0.3, 0.4) is 0 Å². The van der Waals surface area contributed by atoms with Crippen molar-refractivity contribution in [1.29, 1.82) is 5.41 Å². The lowest BCUT2D eigenvalue weighted by atomic mass is 10.1. The molecule has 0 aromatic heterocycles. The van der Waals surface area contributed by atoms with Crippen molar-refractivity contribution >= 4 is 17.5 Å². The number of esters is 1. The predicted octanol–water partition coefficient (Wildman–Crippen LogP) is 2.13. The molecule has 0 amide bonds. The first-order valence-corrected chi connectivity index (χ1v) is 6.89. The number of hydrogen-bond donors (Lipinski definition) is 3. The maximum Gasteiger partial charge on any atom is 0.419 e. The molecule has 0 unspecified atom stereocenters. The van der Waals surface area contributed by atoms with Crippen LogP contribution in [0.4, 0.5) is 17.6 Å². The van der Waals surface area contributed by atoms with Crippen LogP contribution in [0.1, 0.15) is 29.3 Å². The smallest absolute Gasteiger partial charge is 0.419 e. The molecule has 0 spiro atoms. The second-order valence-electron chi connectivity index (χ2n) is 4.83. The Hall–Kier alpha value is -2.91. The Morgan fingerprint density at radius 3 is 2.32 bits per heavy atom. The van der Waals surface area contributed by atoms with Gasteiger partial charge in [-0.2, -0.15) is 13.2 Å². The fourth-order valence-electron chi connectivity index (χ4n) is 1.84. The molecule has 0 aliphatic heterocycles. The Morgan fingerprint density at radius 1 is 1.24 bits per heavy atom. The van der Waals surface area contributed by atoms with Gasteiger partial charge in [0.25, 0.3) is 0 Å². The lowest BCUT2D eigenvalue weighted by Gasteiger charge is -2.12. The highest BCUT2D eigenvalue weighted by atomic mass is 19.4. The van der Waals surface area contributed by atoms with Crippen molar-refractivity contribution in [2.75, 3.05) is 6.61 Å². The van der Waals surface area contributed by atoms with E-state index in [2.05, 4.69) is 4.74 Å². The Morgan fingerprint density at radius 2 is 1.84 bits per heavy atom. The summed E-state index contributed by atoms with van der Waals surface area (Å²) in [6.07, 6.45) is -4.88. The van der Waals surface area contributed by atoms with Gasteiger partial charge in [0.15, 0.2) is 6.61 Å². The lowest BCUT2D eigenvalue weighted by molar-refractivity contribution is -0.140. The van der Waals surface area contributed by atoms with E-state index in [1.165, 1.54) is 0 Å². The molecule has 6 nitrogen and oxygen atoms in total. The average Bonchev–Trinajstić information content (AvgIpc) is 2.51. The second-order valence-corrected chi connectivity index (χ2v) is 4.83. The molecule has 0 saturated carbocycles. The van der Waals surface area contributed by atoms with Gasteiger partial charge in [0.1, 0.15) is 17.2 Å². The van der Waals surface area contributed by atoms with Crippen molar-refractivity contribution in [2.45, 2.75) is 19.5 Å². The number of benzene rings is 1. The Labute approximate surface area is 139 Å². The Kier molecular flexibility index (Phi) is 6.26. The van der Waals surface area contributed by atoms with Crippen molar-refractivity contribution in [3.63, 3.8) is 0 Å². The molecular formula is C15H15F4N3O3. The zero-order valence-electron chi connectivity index (χ0n) is 13.0. The first-order chi connectivity index (χ1) is 11.5. The van der Waals surface area contributed by atoms with Gasteiger partial charge in [0.2, 0.25) is 5.78 Å². The van der Waals surface area contributed by atoms with Gasteiger partial charge in [-0.05, 0) is 18.6 Å². The van der Waals surface area contributed by atoms with Gasteiger partial charge in [0.05, 0.1) is 11.1 Å². The number of hydrogen-bond acceptors (Lipinski definition) is 6. The van der Waals surface area contributed by atoms with Crippen molar-refractivity contribution in [2.24, 2.45) is 11.5 Å². The fraction of sp³-hybridized carbons (Fsp3) is 0.267. The van der Waals surface area contributed by atoms with Crippen LogP contribution in [-0.2, 0) is 15.7 Å². The summed E-state index contributed by atoms with van der Waals surface area (Å²) in [6.45, 7) is 0.507. The summed E-state index contributed by atoms with van der Waals surface area (Å²) in [4.78, 5) is 23.7. The van der Waals surface area contributed by atoms with Crippen molar-refractivity contribution in [1.82, 2.24) is 0 Å². The quantitative estimate of drug-likeness (QED) is 0.236. The number of nitrogens with two attached hydrogens (primary N) is 2. The third-order valence-electron chi connectivity index (χ3n) is 3.09. The highest BCUT2D eigenvalue weighted by Gasteiger charge is 2.35. The molecular weight excluding hydrogens is 346 g/mol. The summed E-state index contributed by atoms with van der Waals surface area (Å²) in [7, 11) is 0. The van der Waals surface area contributed by atoms with Crippen molar-refractivity contribution < 1.29 is 31.9 Å². The standard InChI is InChI=1S/C15H15F4N3O3/c1-2-9(20)11(13(21)22)14(24)25-6-10(23)7-4-3-5-8(12(7)16)15(17,18)19/h3-5,20H,2,6,21-22H2,1H3. The van der Waals surface area contributed by atoms with Crippen LogP contribution in [0.25, 0.3) is 0 Å². The molecule has 25 heavy (non-hydrogen) atoms. The second kappa shape index (κ2) is 7.77. The third kappa shape index (κ3) is 4.78. The van der Waals surface area contributed by atoms with Crippen molar-refractivity contribution in [3.05, 3.63) is 46.5 Å². The number of rotatable bonds is 6. The monoisotopic (exact) mass is 361 g/mol. The highest BCUT2D eigenvalue weighted by Crippen LogP contribution is 2.32. The lowest BCUT2D eigenvalue weighted by Crippen LogP contribution is -2.26. The number of alkyl halides is 3. The van der Waals surface area contributed by atoms with Crippen LogP contribution < -0.4 is 11.5 Å². The summed E-state index contributed by atoms with van der Waals surface area (Å²) < 4.78 is 56.3.